The molecule has 0 atom stereocenters. The lowest BCUT2D eigenvalue weighted by atomic mass is 10.2. The summed E-state index contributed by atoms with van der Waals surface area (Å²) < 4.78 is 12.6. The van der Waals surface area contributed by atoms with Crippen LogP contribution in [-0.2, 0) is 0 Å². The molecule has 0 heterocycles. The van der Waals surface area contributed by atoms with Crippen LogP contribution < -0.4 is 5.32 Å². The SMILES string of the molecule is CC/C(F)=C(\CC)NC. The first-order valence-corrected chi connectivity index (χ1v) is 3.31. The Kier molecular flexibility index (Phi) is 4.10. The third-order valence-electron chi connectivity index (χ3n) is 1.29. The summed E-state index contributed by atoms with van der Waals surface area (Å²) in [6.45, 7) is 3.74. The molecule has 9 heavy (non-hydrogen) atoms. The molecule has 1 nitrogen and oxygen atoms in total. The van der Waals surface area contributed by atoms with E-state index in [0.29, 0.717) is 6.42 Å². The Morgan fingerprint density at radius 1 is 1.33 bits per heavy atom. The molecule has 0 aliphatic heterocycles. The fourth-order valence-corrected chi connectivity index (χ4v) is 0.718. The lowest BCUT2D eigenvalue weighted by Gasteiger charge is -2.03. The second-order valence-electron chi connectivity index (χ2n) is 1.84. The van der Waals surface area contributed by atoms with E-state index in [1.807, 2.05) is 13.8 Å². The molecule has 0 unspecified atom stereocenters. The van der Waals surface area contributed by atoms with E-state index in [4.69, 9.17) is 0 Å². The molecule has 0 fully saturated rings. The van der Waals surface area contributed by atoms with E-state index in [-0.39, 0.29) is 5.83 Å². The summed E-state index contributed by atoms with van der Waals surface area (Å²) in [6.07, 6.45) is 1.24. The molecule has 0 saturated carbocycles. The van der Waals surface area contributed by atoms with Gasteiger partial charge in [0.2, 0.25) is 0 Å². The molecule has 0 aliphatic carbocycles. The van der Waals surface area contributed by atoms with Crippen molar-refractivity contribution < 1.29 is 4.39 Å². The molecule has 0 bridgehead atoms. The first-order valence-electron chi connectivity index (χ1n) is 3.31. The van der Waals surface area contributed by atoms with Crippen molar-refractivity contribution in [2.24, 2.45) is 0 Å². The number of hydrogen-bond donors (Lipinski definition) is 1. The Balaban J connectivity index is 4.01. The molecule has 0 saturated heterocycles. The molecule has 1 N–H and O–H groups in total. The van der Waals surface area contributed by atoms with Crippen molar-refractivity contribution >= 4 is 0 Å². The van der Waals surface area contributed by atoms with Crippen LogP contribution in [0.1, 0.15) is 26.7 Å². The molecular weight excluding hydrogens is 117 g/mol. The van der Waals surface area contributed by atoms with Gasteiger partial charge < -0.3 is 5.32 Å². The van der Waals surface area contributed by atoms with E-state index < -0.39 is 0 Å². The number of rotatable bonds is 3. The Morgan fingerprint density at radius 3 is 2.00 bits per heavy atom. The summed E-state index contributed by atoms with van der Waals surface area (Å²) in [5, 5.41) is 2.81. The van der Waals surface area contributed by atoms with Crippen molar-refractivity contribution in [1.29, 1.82) is 0 Å². The minimum Gasteiger partial charge on any atom is -0.389 e. The molecule has 0 radical (unpaired) electrons. The Bertz CT molecular complexity index is 101. The van der Waals surface area contributed by atoms with E-state index in [0.717, 1.165) is 12.1 Å². The van der Waals surface area contributed by atoms with Gasteiger partial charge in [-0.25, -0.2) is 4.39 Å². The van der Waals surface area contributed by atoms with Gasteiger partial charge in [-0.05, 0) is 12.8 Å². The highest BCUT2D eigenvalue weighted by molar-refractivity contribution is 5.03. The summed E-state index contributed by atoms with van der Waals surface area (Å²) in [7, 11) is 1.74. The smallest absolute Gasteiger partial charge is 0.118 e. The van der Waals surface area contributed by atoms with Crippen molar-refractivity contribution in [1.82, 2.24) is 5.32 Å². The molecule has 0 amide bonds. The van der Waals surface area contributed by atoms with E-state index >= 15 is 0 Å². The summed E-state index contributed by atoms with van der Waals surface area (Å²) in [6, 6.07) is 0. The monoisotopic (exact) mass is 131 g/mol. The van der Waals surface area contributed by atoms with E-state index in [1.165, 1.54) is 0 Å². The summed E-state index contributed by atoms with van der Waals surface area (Å²) in [5.41, 5.74) is 0.720. The number of halogens is 1. The lowest BCUT2D eigenvalue weighted by molar-refractivity contribution is 0.573. The second-order valence-corrected chi connectivity index (χ2v) is 1.84. The highest BCUT2D eigenvalue weighted by atomic mass is 19.1. The first-order chi connectivity index (χ1) is 4.26. The van der Waals surface area contributed by atoms with Gasteiger partial charge in [-0.15, -0.1) is 0 Å². The van der Waals surface area contributed by atoms with E-state index in [1.54, 1.807) is 7.05 Å². The molecular formula is C7H14FN. The minimum atomic E-state index is -0.0278. The predicted octanol–water partition coefficient (Wildman–Crippen LogP) is 2.21. The van der Waals surface area contributed by atoms with Crippen molar-refractivity contribution in [2.45, 2.75) is 26.7 Å². The van der Waals surface area contributed by atoms with Crippen molar-refractivity contribution in [3.05, 3.63) is 11.5 Å². The zero-order valence-electron chi connectivity index (χ0n) is 6.29. The average Bonchev–Trinajstić information content (AvgIpc) is 1.90. The van der Waals surface area contributed by atoms with Crippen LogP contribution in [0.5, 0.6) is 0 Å². The molecule has 54 valence electrons. The third kappa shape index (κ3) is 2.49. The van der Waals surface area contributed by atoms with Gasteiger partial charge in [0.25, 0.3) is 0 Å². The maximum atomic E-state index is 12.6. The Morgan fingerprint density at radius 2 is 1.89 bits per heavy atom. The summed E-state index contributed by atoms with van der Waals surface area (Å²) >= 11 is 0. The molecule has 0 aromatic carbocycles. The highest BCUT2D eigenvalue weighted by Crippen LogP contribution is 2.09. The van der Waals surface area contributed by atoms with Gasteiger partial charge in [-0.2, -0.15) is 0 Å². The van der Waals surface area contributed by atoms with E-state index in [9.17, 15) is 4.39 Å². The zero-order chi connectivity index (χ0) is 7.28. The van der Waals surface area contributed by atoms with Crippen LogP contribution in [0.25, 0.3) is 0 Å². The molecule has 0 spiro atoms. The topological polar surface area (TPSA) is 12.0 Å². The molecule has 0 aromatic heterocycles. The Hall–Kier alpha value is -0.530. The largest absolute Gasteiger partial charge is 0.389 e. The van der Waals surface area contributed by atoms with Gasteiger partial charge in [-0.3, -0.25) is 0 Å². The number of hydrogen-bond acceptors (Lipinski definition) is 1. The molecule has 2 heteroatoms. The molecule has 0 aliphatic rings. The predicted molar refractivity (Wildman–Crippen MR) is 37.8 cm³/mol. The lowest BCUT2D eigenvalue weighted by Crippen LogP contribution is -2.06. The quantitative estimate of drug-likeness (QED) is 0.619. The highest BCUT2D eigenvalue weighted by Gasteiger charge is 1.97. The second kappa shape index (κ2) is 4.36. The van der Waals surface area contributed by atoms with Crippen molar-refractivity contribution in [2.75, 3.05) is 7.05 Å². The maximum Gasteiger partial charge on any atom is 0.118 e. The van der Waals surface area contributed by atoms with Gasteiger partial charge in [0.05, 0.1) is 0 Å². The summed E-state index contributed by atoms with van der Waals surface area (Å²) in [5.74, 6) is -0.0278. The maximum absolute atomic E-state index is 12.6. The van der Waals surface area contributed by atoms with E-state index in [2.05, 4.69) is 5.32 Å². The van der Waals surface area contributed by atoms with Crippen LogP contribution in [0.4, 0.5) is 4.39 Å². The molecule has 0 aromatic rings. The first kappa shape index (κ1) is 8.47. The minimum absolute atomic E-state index is 0.0278. The average molecular weight is 131 g/mol. The summed E-state index contributed by atoms with van der Waals surface area (Å²) in [4.78, 5) is 0. The number of allylic oxidation sites excluding steroid dienone is 2. The standard InChI is InChI=1S/C7H14FN/c1-4-6(8)7(5-2)9-3/h9H,4-5H2,1-3H3/b7-6-. The Labute approximate surface area is 56.0 Å². The van der Waals surface area contributed by atoms with Gasteiger partial charge in [0.15, 0.2) is 0 Å². The van der Waals surface area contributed by atoms with Gasteiger partial charge in [-0.1, -0.05) is 13.8 Å². The van der Waals surface area contributed by atoms with Gasteiger partial charge >= 0.3 is 0 Å². The van der Waals surface area contributed by atoms with Gasteiger partial charge in [0.1, 0.15) is 5.83 Å². The van der Waals surface area contributed by atoms with Gasteiger partial charge in [0, 0.05) is 12.7 Å². The fraction of sp³-hybridized carbons (Fsp3) is 0.714. The number of nitrogens with one attached hydrogen (secondary N) is 1. The van der Waals surface area contributed by atoms with Crippen LogP contribution >= 0.6 is 0 Å². The van der Waals surface area contributed by atoms with Crippen LogP contribution in [-0.4, -0.2) is 7.05 Å². The normalized spacial score (nSPS) is 12.9. The van der Waals surface area contributed by atoms with Crippen molar-refractivity contribution in [3.8, 4) is 0 Å². The zero-order valence-corrected chi connectivity index (χ0v) is 6.29. The van der Waals surface area contributed by atoms with Crippen molar-refractivity contribution in [3.63, 3.8) is 0 Å². The van der Waals surface area contributed by atoms with Crippen LogP contribution in [0.15, 0.2) is 11.5 Å². The third-order valence-corrected chi connectivity index (χ3v) is 1.29. The fourth-order valence-electron chi connectivity index (χ4n) is 0.718. The van der Waals surface area contributed by atoms with Crippen LogP contribution in [0.2, 0.25) is 0 Å². The van der Waals surface area contributed by atoms with Crippen LogP contribution in [0, 0.1) is 0 Å². The van der Waals surface area contributed by atoms with Crippen LogP contribution in [0.3, 0.4) is 0 Å². The molecule has 0 rings (SSSR count).